The monoisotopic (exact) mass is 493 g/mol. The fraction of sp³-hybridized carbons (Fsp3) is 0.455. The lowest BCUT2D eigenvalue weighted by atomic mass is 10.0. The predicted molar refractivity (Wildman–Crippen MR) is 122 cm³/mol. The third kappa shape index (κ3) is 10.2. The number of nitrogens with one attached hydrogen (secondary N) is 3. The van der Waals surface area contributed by atoms with Crippen molar-refractivity contribution in [3.05, 3.63) is 35.9 Å². The number of aliphatic carboxylic acids is 2. The van der Waals surface area contributed by atoms with Crippen molar-refractivity contribution in [2.45, 2.75) is 57.3 Å². The molecule has 9 N–H and O–H groups in total. The SMILES string of the molecule is CC(C)C(NC(=O)C(N)Cc1ccccc1)C(=O)NC(CC(=O)O)C(=O)NC(CC(N)=O)C(=O)O. The highest BCUT2D eigenvalue weighted by molar-refractivity contribution is 5.96. The number of hydrogen-bond acceptors (Lipinski definition) is 7. The maximum atomic E-state index is 12.9. The van der Waals surface area contributed by atoms with E-state index >= 15 is 0 Å². The molecule has 1 rings (SSSR count). The number of rotatable bonds is 14. The Morgan fingerprint density at radius 2 is 1.40 bits per heavy atom. The molecular formula is C22H31N5O8. The number of benzene rings is 1. The van der Waals surface area contributed by atoms with Crippen LogP contribution in [0.1, 0.15) is 32.3 Å². The van der Waals surface area contributed by atoms with Crippen LogP contribution in [0.25, 0.3) is 0 Å². The summed E-state index contributed by atoms with van der Waals surface area (Å²) in [5.41, 5.74) is 11.7. The van der Waals surface area contributed by atoms with Crippen LogP contribution in [0.2, 0.25) is 0 Å². The number of carboxylic acids is 2. The minimum absolute atomic E-state index is 0.208. The van der Waals surface area contributed by atoms with Gasteiger partial charge in [-0.2, -0.15) is 0 Å². The van der Waals surface area contributed by atoms with Crippen molar-refractivity contribution >= 4 is 35.6 Å². The summed E-state index contributed by atoms with van der Waals surface area (Å²) in [6.45, 7) is 3.24. The first-order valence-corrected chi connectivity index (χ1v) is 10.7. The van der Waals surface area contributed by atoms with Gasteiger partial charge in [-0.05, 0) is 17.9 Å². The standard InChI is InChI=1S/C22H31N5O8/c1-11(2)18(27-19(31)13(23)8-12-6-4-3-5-7-12)21(33)25-14(10-17(29)30)20(32)26-15(22(34)35)9-16(24)28/h3-7,11,13-15,18H,8-10,23H2,1-2H3,(H2,24,28)(H,25,33)(H,26,32)(H,27,31)(H,29,30)(H,34,35). The van der Waals surface area contributed by atoms with E-state index in [0.717, 1.165) is 5.56 Å². The summed E-state index contributed by atoms with van der Waals surface area (Å²) in [7, 11) is 0. The highest BCUT2D eigenvalue weighted by Crippen LogP contribution is 2.07. The van der Waals surface area contributed by atoms with Crippen LogP contribution in [0.5, 0.6) is 0 Å². The van der Waals surface area contributed by atoms with Crippen LogP contribution in [-0.4, -0.2) is 69.9 Å². The second kappa shape index (κ2) is 13.6. The summed E-state index contributed by atoms with van der Waals surface area (Å²) < 4.78 is 0. The van der Waals surface area contributed by atoms with Gasteiger partial charge < -0.3 is 37.6 Å². The smallest absolute Gasteiger partial charge is 0.326 e. The van der Waals surface area contributed by atoms with E-state index in [-0.39, 0.29) is 6.42 Å². The molecule has 13 nitrogen and oxygen atoms in total. The Bertz CT molecular complexity index is 937. The molecule has 4 atom stereocenters. The summed E-state index contributed by atoms with van der Waals surface area (Å²) >= 11 is 0. The zero-order valence-electron chi connectivity index (χ0n) is 19.4. The fourth-order valence-corrected chi connectivity index (χ4v) is 3.07. The number of carboxylic acid groups (broad SMARTS) is 2. The summed E-state index contributed by atoms with van der Waals surface area (Å²) in [4.78, 5) is 71.5. The van der Waals surface area contributed by atoms with Crippen LogP contribution in [0.15, 0.2) is 30.3 Å². The molecule has 4 unspecified atom stereocenters. The molecule has 0 saturated heterocycles. The van der Waals surface area contributed by atoms with Crippen molar-refractivity contribution in [3.8, 4) is 0 Å². The zero-order chi connectivity index (χ0) is 26.7. The summed E-state index contributed by atoms with van der Waals surface area (Å²) in [6, 6.07) is 3.41. The Morgan fingerprint density at radius 3 is 1.89 bits per heavy atom. The molecule has 0 fully saturated rings. The maximum absolute atomic E-state index is 12.9. The lowest BCUT2D eigenvalue weighted by molar-refractivity contribution is -0.145. The minimum Gasteiger partial charge on any atom is -0.481 e. The molecule has 35 heavy (non-hydrogen) atoms. The Labute approximate surface area is 201 Å². The van der Waals surface area contributed by atoms with Gasteiger partial charge in [-0.25, -0.2) is 4.79 Å². The molecule has 0 spiro atoms. The third-order valence-corrected chi connectivity index (χ3v) is 4.91. The van der Waals surface area contributed by atoms with E-state index in [9.17, 15) is 28.8 Å². The summed E-state index contributed by atoms with van der Waals surface area (Å²) in [6.07, 6.45) is -1.41. The average molecular weight is 494 g/mol. The Hall–Kier alpha value is -4.00. The first kappa shape index (κ1) is 29.0. The molecule has 0 radical (unpaired) electrons. The molecular weight excluding hydrogens is 462 g/mol. The molecule has 4 amide bonds. The van der Waals surface area contributed by atoms with Crippen molar-refractivity contribution in [1.29, 1.82) is 0 Å². The van der Waals surface area contributed by atoms with Gasteiger partial charge in [0.1, 0.15) is 18.1 Å². The number of hydrogen-bond donors (Lipinski definition) is 7. The summed E-state index contributed by atoms with van der Waals surface area (Å²) in [5, 5.41) is 25.0. The van der Waals surface area contributed by atoms with E-state index in [1.54, 1.807) is 38.1 Å². The first-order valence-electron chi connectivity index (χ1n) is 10.7. The van der Waals surface area contributed by atoms with E-state index in [1.807, 2.05) is 11.4 Å². The molecule has 0 aromatic heterocycles. The highest BCUT2D eigenvalue weighted by Gasteiger charge is 2.33. The van der Waals surface area contributed by atoms with Crippen LogP contribution in [0.4, 0.5) is 0 Å². The van der Waals surface area contributed by atoms with Gasteiger partial charge in [0, 0.05) is 0 Å². The van der Waals surface area contributed by atoms with E-state index < -0.39 is 78.5 Å². The molecule has 0 heterocycles. The van der Waals surface area contributed by atoms with Gasteiger partial charge in [0.2, 0.25) is 23.6 Å². The Balaban J connectivity index is 2.93. The minimum atomic E-state index is -1.72. The lowest BCUT2D eigenvalue weighted by Gasteiger charge is -2.26. The van der Waals surface area contributed by atoms with Gasteiger partial charge in [0.15, 0.2) is 0 Å². The lowest BCUT2D eigenvalue weighted by Crippen LogP contribution is -2.59. The Kier molecular flexibility index (Phi) is 11.3. The summed E-state index contributed by atoms with van der Waals surface area (Å²) in [5.74, 6) is -7.16. The molecule has 0 aliphatic rings. The third-order valence-electron chi connectivity index (χ3n) is 4.91. The second-order valence-corrected chi connectivity index (χ2v) is 8.26. The second-order valence-electron chi connectivity index (χ2n) is 8.26. The van der Waals surface area contributed by atoms with E-state index in [0.29, 0.717) is 0 Å². The van der Waals surface area contributed by atoms with Gasteiger partial charge in [0.25, 0.3) is 0 Å². The molecule has 192 valence electrons. The van der Waals surface area contributed by atoms with E-state index in [1.165, 1.54) is 0 Å². The molecule has 1 aromatic rings. The normalized spacial score (nSPS) is 14.2. The van der Waals surface area contributed by atoms with Gasteiger partial charge in [0.05, 0.1) is 18.9 Å². The van der Waals surface area contributed by atoms with Crippen molar-refractivity contribution < 1.29 is 39.0 Å². The largest absolute Gasteiger partial charge is 0.481 e. The van der Waals surface area contributed by atoms with Crippen molar-refractivity contribution in [3.63, 3.8) is 0 Å². The van der Waals surface area contributed by atoms with Crippen LogP contribution >= 0.6 is 0 Å². The highest BCUT2D eigenvalue weighted by atomic mass is 16.4. The van der Waals surface area contributed by atoms with Crippen LogP contribution < -0.4 is 27.4 Å². The Morgan fingerprint density at radius 1 is 0.829 bits per heavy atom. The fourth-order valence-electron chi connectivity index (χ4n) is 3.07. The molecule has 0 aliphatic heterocycles. The first-order chi connectivity index (χ1) is 16.3. The van der Waals surface area contributed by atoms with Gasteiger partial charge in [-0.1, -0.05) is 44.2 Å². The number of carbonyl (C=O) groups excluding carboxylic acids is 4. The van der Waals surface area contributed by atoms with Crippen LogP contribution in [-0.2, 0) is 35.2 Å². The van der Waals surface area contributed by atoms with Gasteiger partial charge in [-0.3, -0.25) is 24.0 Å². The predicted octanol–water partition coefficient (Wildman–Crippen LogP) is -1.90. The zero-order valence-corrected chi connectivity index (χ0v) is 19.4. The van der Waals surface area contributed by atoms with Crippen LogP contribution in [0.3, 0.4) is 0 Å². The molecule has 1 aromatic carbocycles. The van der Waals surface area contributed by atoms with Crippen molar-refractivity contribution in [1.82, 2.24) is 16.0 Å². The number of nitrogens with two attached hydrogens (primary N) is 2. The quantitative estimate of drug-likeness (QED) is 0.153. The molecule has 0 bridgehead atoms. The number of amides is 4. The average Bonchev–Trinajstić information content (AvgIpc) is 2.75. The molecule has 0 aliphatic carbocycles. The molecule has 0 saturated carbocycles. The number of primary amides is 1. The van der Waals surface area contributed by atoms with Crippen molar-refractivity contribution in [2.24, 2.45) is 17.4 Å². The van der Waals surface area contributed by atoms with E-state index in [2.05, 4.69) is 10.6 Å². The van der Waals surface area contributed by atoms with Gasteiger partial charge in [-0.15, -0.1) is 0 Å². The van der Waals surface area contributed by atoms with Crippen molar-refractivity contribution in [2.75, 3.05) is 0 Å². The van der Waals surface area contributed by atoms with Crippen LogP contribution in [0, 0.1) is 5.92 Å². The number of carbonyl (C=O) groups is 6. The van der Waals surface area contributed by atoms with E-state index in [4.69, 9.17) is 21.7 Å². The maximum Gasteiger partial charge on any atom is 0.326 e. The molecule has 13 heteroatoms. The topological polar surface area (TPSA) is 231 Å². The van der Waals surface area contributed by atoms with Gasteiger partial charge >= 0.3 is 11.9 Å².